The fourth-order valence-corrected chi connectivity index (χ4v) is 2.54. The van der Waals surface area contributed by atoms with Crippen LogP contribution in [0.5, 0.6) is 11.5 Å². The summed E-state index contributed by atoms with van der Waals surface area (Å²) in [4.78, 5) is 16.4. The van der Waals surface area contributed by atoms with Crippen molar-refractivity contribution in [2.24, 2.45) is 0 Å². The maximum Gasteiger partial charge on any atom is 0.256 e. The Morgan fingerprint density at radius 1 is 1.27 bits per heavy atom. The van der Waals surface area contributed by atoms with Crippen molar-refractivity contribution in [2.45, 2.75) is 27.2 Å². The zero-order chi connectivity index (χ0) is 15.9. The first kappa shape index (κ1) is 16.3. The van der Waals surface area contributed by atoms with E-state index >= 15 is 0 Å². The van der Waals surface area contributed by atoms with Crippen LogP contribution >= 0.6 is 11.3 Å². The summed E-state index contributed by atoms with van der Waals surface area (Å²) in [6, 6.07) is 5.22. The number of ether oxygens (including phenoxy) is 2. The summed E-state index contributed by atoms with van der Waals surface area (Å²) in [5, 5.41) is 3.62. The summed E-state index contributed by atoms with van der Waals surface area (Å²) < 4.78 is 11.2. The van der Waals surface area contributed by atoms with Crippen LogP contribution in [0.15, 0.2) is 23.7 Å². The molecular weight excluding hydrogens is 300 g/mol. The van der Waals surface area contributed by atoms with E-state index in [0.29, 0.717) is 30.3 Å². The molecule has 1 N–H and O–H groups in total. The molecule has 1 aromatic heterocycles. The van der Waals surface area contributed by atoms with Crippen molar-refractivity contribution in [2.75, 3.05) is 18.5 Å². The molecular formula is C16H20N2O3S. The first-order valence-corrected chi connectivity index (χ1v) is 8.14. The molecule has 0 spiro atoms. The highest BCUT2D eigenvalue weighted by atomic mass is 32.1. The van der Waals surface area contributed by atoms with Crippen LogP contribution in [0, 0.1) is 6.92 Å². The average molecular weight is 320 g/mol. The van der Waals surface area contributed by atoms with Gasteiger partial charge in [-0.2, -0.15) is 0 Å². The predicted molar refractivity (Wildman–Crippen MR) is 88.2 cm³/mol. The Kier molecular flexibility index (Phi) is 5.77. The van der Waals surface area contributed by atoms with Crippen LogP contribution in [-0.4, -0.2) is 24.1 Å². The molecule has 0 unspecified atom stereocenters. The number of aromatic nitrogens is 1. The highest BCUT2D eigenvalue weighted by Crippen LogP contribution is 2.29. The van der Waals surface area contributed by atoms with E-state index in [4.69, 9.17) is 9.47 Å². The van der Waals surface area contributed by atoms with Crippen molar-refractivity contribution in [1.82, 2.24) is 4.98 Å². The molecule has 0 atom stereocenters. The third-order valence-electron chi connectivity index (χ3n) is 2.94. The van der Waals surface area contributed by atoms with Gasteiger partial charge >= 0.3 is 0 Å². The van der Waals surface area contributed by atoms with Gasteiger partial charge in [0, 0.05) is 5.56 Å². The quantitative estimate of drug-likeness (QED) is 0.840. The zero-order valence-corrected chi connectivity index (χ0v) is 13.8. The molecule has 5 nitrogen and oxygen atoms in total. The van der Waals surface area contributed by atoms with Crippen molar-refractivity contribution >= 4 is 22.2 Å². The van der Waals surface area contributed by atoms with Gasteiger partial charge in [-0.3, -0.25) is 4.79 Å². The van der Waals surface area contributed by atoms with Gasteiger partial charge in [0.15, 0.2) is 11.5 Å². The molecule has 118 valence electrons. The second-order valence-corrected chi connectivity index (χ2v) is 5.52. The highest BCUT2D eigenvalue weighted by molar-refractivity contribution is 7.14. The van der Waals surface area contributed by atoms with Crippen LogP contribution in [0.3, 0.4) is 0 Å². The second-order valence-electron chi connectivity index (χ2n) is 4.66. The number of carbonyl (C=O) groups is 1. The van der Waals surface area contributed by atoms with E-state index in [0.717, 1.165) is 17.1 Å². The normalized spacial score (nSPS) is 10.3. The molecule has 1 amide bonds. The lowest BCUT2D eigenvalue weighted by atomic mass is 10.2. The number of thiazole rings is 1. The minimum atomic E-state index is -0.185. The number of amides is 1. The molecule has 2 rings (SSSR count). The van der Waals surface area contributed by atoms with E-state index < -0.39 is 0 Å². The molecule has 0 saturated heterocycles. The smallest absolute Gasteiger partial charge is 0.256 e. The van der Waals surface area contributed by atoms with Crippen LogP contribution in [0.2, 0.25) is 0 Å². The SMILES string of the molecule is CCCOc1ccc(C(=O)Nc2scnc2C)cc1OCC. The molecule has 1 heterocycles. The summed E-state index contributed by atoms with van der Waals surface area (Å²) >= 11 is 1.40. The van der Waals surface area contributed by atoms with Gasteiger partial charge < -0.3 is 14.8 Å². The van der Waals surface area contributed by atoms with E-state index in [1.807, 2.05) is 20.8 Å². The third-order valence-corrected chi connectivity index (χ3v) is 3.78. The first-order chi connectivity index (χ1) is 10.7. The number of rotatable bonds is 7. The van der Waals surface area contributed by atoms with E-state index in [1.165, 1.54) is 11.3 Å². The largest absolute Gasteiger partial charge is 0.490 e. The van der Waals surface area contributed by atoms with Crippen LogP contribution in [0.25, 0.3) is 0 Å². The van der Waals surface area contributed by atoms with Gasteiger partial charge in [-0.15, -0.1) is 11.3 Å². The fraction of sp³-hybridized carbons (Fsp3) is 0.375. The van der Waals surface area contributed by atoms with E-state index in [-0.39, 0.29) is 5.91 Å². The van der Waals surface area contributed by atoms with Crippen molar-refractivity contribution in [1.29, 1.82) is 0 Å². The Morgan fingerprint density at radius 3 is 2.73 bits per heavy atom. The lowest BCUT2D eigenvalue weighted by Crippen LogP contribution is -2.12. The van der Waals surface area contributed by atoms with Crippen LogP contribution in [-0.2, 0) is 0 Å². The molecule has 0 bridgehead atoms. The minimum absolute atomic E-state index is 0.185. The lowest BCUT2D eigenvalue weighted by molar-refractivity contribution is 0.102. The minimum Gasteiger partial charge on any atom is -0.490 e. The van der Waals surface area contributed by atoms with Crippen LogP contribution in [0.4, 0.5) is 5.00 Å². The molecule has 6 heteroatoms. The summed E-state index contributed by atoms with van der Waals surface area (Å²) in [5.74, 6) is 1.06. The van der Waals surface area contributed by atoms with Crippen molar-refractivity contribution in [3.63, 3.8) is 0 Å². The molecule has 2 aromatic rings. The molecule has 0 radical (unpaired) electrons. The monoisotopic (exact) mass is 320 g/mol. The summed E-state index contributed by atoms with van der Waals surface area (Å²) in [6.07, 6.45) is 0.915. The Labute approximate surface area is 134 Å². The molecule has 0 aliphatic rings. The summed E-state index contributed by atoms with van der Waals surface area (Å²) in [6.45, 7) is 6.93. The van der Waals surface area contributed by atoms with E-state index in [1.54, 1.807) is 23.7 Å². The summed E-state index contributed by atoms with van der Waals surface area (Å²) in [7, 11) is 0. The maximum atomic E-state index is 12.3. The van der Waals surface area contributed by atoms with Gasteiger partial charge in [0.1, 0.15) is 5.00 Å². The van der Waals surface area contributed by atoms with Crippen molar-refractivity contribution in [3.05, 3.63) is 35.0 Å². The molecule has 0 fully saturated rings. The number of hydrogen-bond donors (Lipinski definition) is 1. The third kappa shape index (κ3) is 3.98. The number of nitrogens with one attached hydrogen (secondary N) is 1. The number of anilines is 1. The summed E-state index contributed by atoms with van der Waals surface area (Å²) in [5.41, 5.74) is 3.05. The molecule has 22 heavy (non-hydrogen) atoms. The molecule has 0 aliphatic heterocycles. The van der Waals surface area contributed by atoms with Gasteiger partial charge in [-0.1, -0.05) is 6.92 Å². The number of hydrogen-bond acceptors (Lipinski definition) is 5. The number of nitrogens with zero attached hydrogens (tertiary/aromatic N) is 1. The van der Waals surface area contributed by atoms with Crippen LogP contribution in [0.1, 0.15) is 36.3 Å². The van der Waals surface area contributed by atoms with E-state index in [2.05, 4.69) is 10.3 Å². The number of benzene rings is 1. The zero-order valence-electron chi connectivity index (χ0n) is 13.0. The second kappa shape index (κ2) is 7.79. The van der Waals surface area contributed by atoms with Crippen molar-refractivity contribution < 1.29 is 14.3 Å². The first-order valence-electron chi connectivity index (χ1n) is 7.26. The topological polar surface area (TPSA) is 60.5 Å². The number of carbonyl (C=O) groups excluding carboxylic acids is 1. The van der Waals surface area contributed by atoms with Gasteiger partial charge in [-0.25, -0.2) is 4.98 Å². The fourth-order valence-electron chi connectivity index (χ4n) is 1.85. The molecule has 0 saturated carbocycles. The Hall–Kier alpha value is -2.08. The highest BCUT2D eigenvalue weighted by Gasteiger charge is 2.13. The molecule has 0 aliphatic carbocycles. The standard InChI is InChI=1S/C16H20N2O3S/c1-4-8-21-13-7-6-12(9-14(13)20-5-2)15(19)18-16-11(3)17-10-22-16/h6-7,9-10H,4-5,8H2,1-3H3,(H,18,19). The average Bonchev–Trinajstić information content (AvgIpc) is 2.91. The van der Waals surface area contributed by atoms with Crippen LogP contribution < -0.4 is 14.8 Å². The Morgan fingerprint density at radius 2 is 2.09 bits per heavy atom. The predicted octanol–water partition coefficient (Wildman–Crippen LogP) is 3.89. The van der Waals surface area contributed by atoms with Gasteiger partial charge in [0.25, 0.3) is 5.91 Å². The van der Waals surface area contributed by atoms with Crippen molar-refractivity contribution in [3.8, 4) is 11.5 Å². The van der Waals surface area contributed by atoms with Gasteiger partial charge in [-0.05, 0) is 38.5 Å². The molecule has 1 aromatic carbocycles. The van der Waals surface area contributed by atoms with Gasteiger partial charge in [0.2, 0.25) is 0 Å². The van der Waals surface area contributed by atoms with E-state index in [9.17, 15) is 4.79 Å². The van der Waals surface area contributed by atoms with Gasteiger partial charge in [0.05, 0.1) is 24.4 Å². The maximum absolute atomic E-state index is 12.3. The Bertz CT molecular complexity index is 640. The lowest BCUT2D eigenvalue weighted by Gasteiger charge is -2.13. The Balaban J connectivity index is 2.18. The number of aryl methyl sites for hydroxylation is 1.